The van der Waals surface area contributed by atoms with E-state index in [9.17, 15) is 4.79 Å². The molecule has 3 N–H and O–H groups in total. The van der Waals surface area contributed by atoms with Gasteiger partial charge in [-0.05, 0) is 28.7 Å². The first-order chi connectivity index (χ1) is 6.02. The number of carboxylic acids is 1. The highest BCUT2D eigenvalue weighted by Gasteiger charge is 2.18. The van der Waals surface area contributed by atoms with Crippen LogP contribution in [0.3, 0.4) is 0 Å². The molecule has 13 heavy (non-hydrogen) atoms. The smallest absolute Gasteiger partial charge is 0.325 e. The molecule has 0 fully saturated rings. The summed E-state index contributed by atoms with van der Waals surface area (Å²) in [7, 11) is 0. The third-order valence-electron chi connectivity index (χ3n) is 1.43. The lowest BCUT2D eigenvalue weighted by molar-refractivity contribution is -0.138. The van der Waals surface area contributed by atoms with Crippen LogP contribution < -0.4 is 5.73 Å². The highest BCUT2D eigenvalue weighted by atomic mass is 127. The minimum absolute atomic E-state index is 0.135. The van der Waals surface area contributed by atoms with Crippen molar-refractivity contribution < 1.29 is 9.90 Å². The largest absolute Gasteiger partial charge is 0.480 e. The van der Waals surface area contributed by atoms with Crippen molar-refractivity contribution in [3.63, 3.8) is 0 Å². The first-order valence-corrected chi connectivity index (χ1v) is 4.77. The Morgan fingerprint density at radius 3 is 2.92 bits per heavy atom. The molecule has 0 radical (unpaired) electrons. The maximum absolute atomic E-state index is 10.5. The van der Waals surface area contributed by atoms with E-state index in [0.29, 0.717) is 5.56 Å². The van der Waals surface area contributed by atoms with Crippen molar-refractivity contribution in [1.29, 1.82) is 0 Å². The van der Waals surface area contributed by atoms with Crippen LogP contribution in [0.25, 0.3) is 0 Å². The Bertz CT molecular complexity index is 345. The standard InChI is InChI=1S/C7H6ClIN2O2/c8-6-4(5(10)7(12)13)1-3(9)2-11-6/h1-2,5H,10H2,(H,12,13)/t5-/m0/s1. The van der Waals surface area contributed by atoms with Crippen LogP contribution in [0.5, 0.6) is 0 Å². The summed E-state index contributed by atoms with van der Waals surface area (Å²) in [6.07, 6.45) is 1.54. The number of pyridine rings is 1. The van der Waals surface area contributed by atoms with E-state index in [2.05, 4.69) is 4.98 Å². The van der Waals surface area contributed by atoms with Crippen molar-refractivity contribution in [2.24, 2.45) is 5.73 Å². The molecule has 6 heteroatoms. The van der Waals surface area contributed by atoms with Crippen LogP contribution in [-0.2, 0) is 4.79 Å². The molecule has 1 aromatic heterocycles. The van der Waals surface area contributed by atoms with Gasteiger partial charge in [0.25, 0.3) is 0 Å². The molecular weight excluding hydrogens is 306 g/mol. The van der Waals surface area contributed by atoms with Crippen LogP contribution in [0.15, 0.2) is 12.3 Å². The molecule has 4 nitrogen and oxygen atoms in total. The van der Waals surface area contributed by atoms with E-state index in [1.807, 2.05) is 22.6 Å². The Kier molecular flexibility index (Phi) is 3.46. The lowest BCUT2D eigenvalue weighted by Crippen LogP contribution is -2.21. The fraction of sp³-hybridized carbons (Fsp3) is 0.143. The highest BCUT2D eigenvalue weighted by Crippen LogP contribution is 2.21. The second kappa shape index (κ2) is 4.21. The lowest BCUT2D eigenvalue weighted by Gasteiger charge is -2.07. The zero-order valence-corrected chi connectivity index (χ0v) is 9.28. The normalized spacial score (nSPS) is 12.5. The molecule has 0 spiro atoms. The highest BCUT2D eigenvalue weighted by molar-refractivity contribution is 14.1. The van der Waals surface area contributed by atoms with Crippen LogP contribution in [0.2, 0.25) is 5.15 Å². The van der Waals surface area contributed by atoms with E-state index in [1.54, 1.807) is 12.3 Å². The summed E-state index contributed by atoms with van der Waals surface area (Å²) in [5.74, 6) is -1.12. The summed E-state index contributed by atoms with van der Waals surface area (Å²) in [5, 5.41) is 8.77. The first-order valence-electron chi connectivity index (χ1n) is 3.31. The summed E-state index contributed by atoms with van der Waals surface area (Å²) in [4.78, 5) is 14.3. The van der Waals surface area contributed by atoms with Gasteiger partial charge in [-0.15, -0.1) is 0 Å². The van der Waals surface area contributed by atoms with Gasteiger partial charge >= 0.3 is 5.97 Å². The summed E-state index contributed by atoms with van der Waals surface area (Å²) >= 11 is 7.69. The number of aliphatic carboxylic acids is 1. The molecule has 0 aliphatic rings. The molecule has 1 atom stereocenters. The summed E-state index contributed by atoms with van der Waals surface area (Å²) < 4.78 is 0.800. The number of aromatic nitrogens is 1. The monoisotopic (exact) mass is 312 g/mol. The number of carbonyl (C=O) groups is 1. The van der Waals surface area contributed by atoms with Crippen LogP contribution in [0.4, 0.5) is 0 Å². The van der Waals surface area contributed by atoms with Crippen molar-refractivity contribution in [2.75, 3.05) is 0 Å². The van der Waals surface area contributed by atoms with Crippen molar-refractivity contribution in [3.05, 3.63) is 26.5 Å². The van der Waals surface area contributed by atoms with Crippen molar-refractivity contribution >= 4 is 40.2 Å². The molecule has 1 heterocycles. The molecule has 1 rings (SSSR count). The van der Waals surface area contributed by atoms with Gasteiger partial charge in [-0.1, -0.05) is 11.6 Å². The zero-order valence-electron chi connectivity index (χ0n) is 6.37. The van der Waals surface area contributed by atoms with Crippen LogP contribution >= 0.6 is 34.2 Å². The van der Waals surface area contributed by atoms with Gasteiger partial charge in [0.2, 0.25) is 0 Å². The van der Waals surface area contributed by atoms with E-state index >= 15 is 0 Å². The molecule has 0 bridgehead atoms. The van der Waals surface area contributed by atoms with E-state index in [4.69, 9.17) is 22.4 Å². The second-order valence-corrected chi connectivity index (χ2v) is 3.95. The predicted molar refractivity (Wildman–Crippen MR) is 56.5 cm³/mol. The third-order valence-corrected chi connectivity index (χ3v) is 2.34. The number of carboxylic acid groups (broad SMARTS) is 1. The number of nitrogens with two attached hydrogens (primary N) is 1. The Morgan fingerprint density at radius 2 is 2.38 bits per heavy atom. The van der Waals surface area contributed by atoms with Gasteiger partial charge in [0.05, 0.1) is 0 Å². The number of hydrogen-bond donors (Lipinski definition) is 2. The van der Waals surface area contributed by atoms with E-state index < -0.39 is 12.0 Å². The fourth-order valence-electron chi connectivity index (χ4n) is 0.789. The SMILES string of the molecule is N[C@H](C(=O)O)c1cc(I)cnc1Cl. The second-order valence-electron chi connectivity index (χ2n) is 2.35. The van der Waals surface area contributed by atoms with Crippen molar-refractivity contribution in [3.8, 4) is 0 Å². The minimum Gasteiger partial charge on any atom is -0.480 e. The van der Waals surface area contributed by atoms with Gasteiger partial charge in [-0.2, -0.15) is 0 Å². The first kappa shape index (κ1) is 10.7. The molecule has 0 saturated carbocycles. The number of nitrogens with zero attached hydrogens (tertiary/aromatic N) is 1. The molecule has 0 unspecified atom stereocenters. The quantitative estimate of drug-likeness (QED) is 0.640. The maximum atomic E-state index is 10.5. The van der Waals surface area contributed by atoms with Gasteiger partial charge in [-0.25, -0.2) is 4.98 Å². The predicted octanol–water partition coefficient (Wildman–Crippen LogP) is 1.42. The summed E-state index contributed by atoms with van der Waals surface area (Å²) in [6, 6.07) is 0.490. The molecule has 0 aromatic carbocycles. The zero-order chi connectivity index (χ0) is 10.0. The Hall–Kier alpha value is -0.400. The van der Waals surface area contributed by atoms with Crippen molar-refractivity contribution in [2.45, 2.75) is 6.04 Å². The van der Waals surface area contributed by atoms with Crippen LogP contribution in [0, 0.1) is 3.57 Å². The van der Waals surface area contributed by atoms with Crippen LogP contribution in [-0.4, -0.2) is 16.1 Å². The Morgan fingerprint density at radius 1 is 1.77 bits per heavy atom. The number of rotatable bonds is 2. The average molecular weight is 312 g/mol. The van der Waals surface area contributed by atoms with E-state index in [0.717, 1.165) is 3.57 Å². The van der Waals surface area contributed by atoms with Gasteiger partial charge < -0.3 is 10.8 Å². The maximum Gasteiger partial charge on any atom is 0.325 e. The average Bonchev–Trinajstić information content (AvgIpc) is 2.08. The summed E-state index contributed by atoms with van der Waals surface area (Å²) in [5.41, 5.74) is 5.71. The molecule has 0 amide bonds. The van der Waals surface area contributed by atoms with E-state index in [1.165, 1.54) is 0 Å². The van der Waals surface area contributed by atoms with Gasteiger partial charge in [0, 0.05) is 15.3 Å². The van der Waals surface area contributed by atoms with Crippen molar-refractivity contribution in [1.82, 2.24) is 4.98 Å². The fourth-order valence-corrected chi connectivity index (χ4v) is 1.49. The number of hydrogen-bond acceptors (Lipinski definition) is 3. The molecule has 70 valence electrons. The van der Waals surface area contributed by atoms with Gasteiger partial charge in [-0.3, -0.25) is 4.79 Å². The molecule has 1 aromatic rings. The number of halogens is 2. The molecule has 0 aliphatic heterocycles. The summed E-state index contributed by atoms with van der Waals surface area (Å²) in [6.45, 7) is 0. The molecule has 0 saturated heterocycles. The topological polar surface area (TPSA) is 76.2 Å². The molecular formula is C7H6ClIN2O2. The molecule has 0 aliphatic carbocycles. The Labute approximate surface area is 93.2 Å². The Balaban J connectivity index is 3.12. The van der Waals surface area contributed by atoms with Gasteiger partial charge in [0.1, 0.15) is 11.2 Å². The van der Waals surface area contributed by atoms with Gasteiger partial charge in [0.15, 0.2) is 0 Å². The van der Waals surface area contributed by atoms with E-state index in [-0.39, 0.29) is 5.15 Å². The third kappa shape index (κ3) is 2.52. The minimum atomic E-state index is -1.12. The van der Waals surface area contributed by atoms with Crippen LogP contribution in [0.1, 0.15) is 11.6 Å². The lowest BCUT2D eigenvalue weighted by atomic mass is 10.1.